The Morgan fingerprint density at radius 3 is 2.53 bits per heavy atom. The molecule has 0 unspecified atom stereocenters. The second kappa shape index (κ2) is 9.46. The molecule has 0 spiro atoms. The first-order chi connectivity index (χ1) is 16.5. The van der Waals surface area contributed by atoms with Crippen LogP contribution in [0.15, 0.2) is 81.7 Å². The average molecular weight is 573 g/mol. The van der Waals surface area contributed by atoms with E-state index in [-0.39, 0.29) is 0 Å². The molecular formula is C28H19Br2N3O. The molecule has 34 heavy (non-hydrogen) atoms. The van der Waals surface area contributed by atoms with Gasteiger partial charge in [0, 0.05) is 0 Å². The molecule has 0 bridgehead atoms. The molecule has 0 atom stereocenters. The summed E-state index contributed by atoms with van der Waals surface area (Å²) in [6, 6.07) is 26.7. The van der Waals surface area contributed by atoms with Crippen molar-refractivity contribution in [2.45, 2.75) is 13.5 Å². The summed E-state index contributed by atoms with van der Waals surface area (Å²) in [5.74, 6) is 1.26. The van der Waals surface area contributed by atoms with Crippen LogP contribution in [0.2, 0.25) is 0 Å². The standard InChI is InChI=1S/C28H19Br2N3O/c1-17-6-9-25-26(10-17)33-28(32-25)22(15-31)12-19-13-23(29)27(24(30)14-19)34-16-18-7-8-20-4-2-3-5-21(20)11-18/h2-14H,16H2,1H3,(H,32,33)/b22-12-. The van der Waals surface area contributed by atoms with E-state index in [1.165, 1.54) is 10.8 Å². The molecule has 0 radical (unpaired) electrons. The molecule has 6 heteroatoms. The van der Waals surface area contributed by atoms with Crippen LogP contribution < -0.4 is 4.74 Å². The van der Waals surface area contributed by atoms with Crippen molar-refractivity contribution in [1.29, 1.82) is 5.26 Å². The maximum absolute atomic E-state index is 9.77. The van der Waals surface area contributed by atoms with Gasteiger partial charge in [0.2, 0.25) is 0 Å². The largest absolute Gasteiger partial charge is 0.487 e. The highest BCUT2D eigenvalue weighted by Gasteiger charge is 2.12. The van der Waals surface area contributed by atoms with Gasteiger partial charge in [-0.15, -0.1) is 0 Å². The van der Waals surface area contributed by atoms with Gasteiger partial charge in [0.05, 0.1) is 25.6 Å². The van der Waals surface area contributed by atoms with Gasteiger partial charge in [-0.2, -0.15) is 5.26 Å². The van der Waals surface area contributed by atoms with Gasteiger partial charge in [0.15, 0.2) is 0 Å². The van der Waals surface area contributed by atoms with E-state index in [1.54, 1.807) is 0 Å². The molecule has 0 aliphatic rings. The fraction of sp³-hybridized carbons (Fsp3) is 0.0714. The molecule has 0 aliphatic heterocycles. The lowest BCUT2D eigenvalue weighted by atomic mass is 10.1. The van der Waals surface area contributed by atoms with Gasteiger partial charge in [-0.05, 0) is 103 Å². The minimum atomic E-state index is 0.444. The lowest BCUT2D eigenvalue weighted by Crippen LogP contribution is -1.97. The Kier molecular flexibility index (Phi) is 6.23. The first-order valence-electron chi connectivity index (χ1n) is 10.7. The summed E-state index contributed by atoms with van der Waals surface area (Å²) >= 11 is 7.25. The van der Waals surface area contributed by atoms with Crippen LogP contribution >= 0.6 is 31.9 Å². The zero-order chi connectivity index (χ0) is 23.7. The van der Waals surface area contributed by atoms with Crippen LogP contribution in [0.5, 0.6) is 5.75 Å². The zero-order valence-corrected chi connectivity index (χ0v) is 21.4. The molecule has 1 heterocycles. The topological polar surface area (TPSA) is 61.7 Å². The number of hydrogen-bond donors (Lipinski definition) is 1. The Labute approximate surface area is 214 Å². The maximum Gasteiger partial charge on any atom is 0.149 e. The van der Waals surface area contributed by atoms with Gasteiger partial charge in [-0.25, -0.2) is 4.98 Å². The van der Waals surface area contributed by atoms with Crippen LogP contribution in [0, 0.1) is 18.3 Å². The molecule has 5 rings (SSSR count). The fourth-order valence-corrected chi connectivity index (χ4v) is 5.31. The number of benzene rings is 4. The van der Waals surface area contributed by atoms with Crippen molar-refractivity contribution in [3.05, 3.63) is 104 Å². The number of halogens is 2. The van der Waals surface area contributed by atoms with E-state index in [0.29, 0.717) is 23.8 Å². The molecule has 166 valence electrons. The highest BCUT2D eigenvalue weighted by molar-refractivity contribution is 9.11. The van der Waals surface area contributed by atoms with Crippen LogP contribution in [0.3, 0.4) is 0 Å². The highest BCUT2D eigenvalue weighted by atomic mass is 79.9. The first-order valence-corrected chi connectivity index (χ1v) is 12.3. The van der Waals surface area contributed by atoms with E-state index in [1.807, 2.05) is 55.5 Å². The van der Waals surface area contributed by atoms with Crippen LogP contribution in [0.25, 0.3) is 33.5 Å². The lowest BCUT2D eigenvalue weighted by molar-refractivity contribution is 0.302. The number of nitriles is 1. The Morgan fingerprint density at radius 2 is 1.76 bits per heavy atom. The summed E-state index contributed by atoms with van der Waals surface area (Å²) in [6.45, 7) is 2.47. The number of H-pyrrole nitrogens is 1. The number of allylic oxidation sites excluding steroid dienone is 1. The molecule has 5 aromatic rings. The molecule has 0 saturated heterocycles. The summed E-state index contributed by atoms with van der Waals surface area (Å²) in [5.41, 5.74) is 5.28. The number of rotatable bonds is 5. The van der Waals surface area contributed by atoms with Crippen molar-refractivity contribution in [1.82, 2.24) is 9.97 Å². The number of nitrogens with one attached hydrogen (secondary N) is 1. The molecule has 0 amide bonds. The Bertz CT molecular complexity index is 1590. The van der Waals surface area contributed by atoms with E-state index in [4.69, 9.17) is 4.74 Å². The van der Waals surface area contributed by atoms with Gasteiger partial charge in [-0.3, -0.25) is 0 Å². The summed E-state index contributed by atoms with van der Waals surface area (Å²) in [5, 5.41) is 12.2. The first kappa shape index (κ1) is 22.4. The number of ether oxygens (including phenoxy) is 1. The van der Waals surface area contributed by atoms with Crippen molar-refractivity contribution in [3.8, 4) is 11.8 Å². The predicted molar refractivity (Wildman–Crippen MR) is 144 cm³/mol. The Morgan fingerprint density at radius 1 is 1.00 bits per heavy atom. The quantitative estimate of drug-likeness (QED) is 0.216. The molecule has 4 aromatic carbocycles. The van der Waals surface area contributed by atoms with Gasteiger partial charge < -0.3 is 9.72 Å². The van der Waals surface area contributed by atoms with Gasteiger partial charge in [0.25, 0.3) is 0 Å². The second-order valence-corrected chi connectivity index (χ2v) is 9.77. The Balaban J connectivity index is 1.39. The fourth-order valence-electron chi connectivity index (χ4n) is 3.86. The van der Waals surface area contributed by atoms with E-state index in [2.05, 4.69) is 78.2 Å². The van der Waals surface area contributed by atoms with Crippen LogP contribution in [-0.2, 0) is 6.61 Å². The molecule has 0 saturated carbocycles. The van der Waals surface area contributed by atoms with E-state index < -0.39 is 0 Å². The lowest BCUT2D eigenvalue weighted by Gasteiger charge is -2.12. The number of nitrogens with zero attached hydrogens (tertiary/aromatic N) is 2. The molecule has 1 N–H and O–H groups in total. The second-order valence-electron chi connectivity index (χ2n) is 8.06. The normalized spacial score (nSPS) is 11.6. The van der Waals surface area contributed by atoms with E-state index in [0.717, 1.165) is 36.7 Å². The zero-order valence-electron chi connectivity index (χ0n) is 18.3. The number of aromatic nitrogens is 2. The molecule has 0 fully saturated rings. The number of aromatic amines is 1. The van der Waals surface area contributed by atoms with Crippen molar-refractivity contribution in [2.24, 2.45) is 0 Å². The maximum atomic E-state index is 9.77. The molecule has 0 aliphatic carbocycles. The molecule has 1 aromatic heterocycles. The molecular weight excluding hydrogens is 554 g/mol. The van der Waals surface area contributed by atoms with E-state index in [9.17, 15) is 5.26 Å². The smallest absolute Gasteiger partial charge is 0.149 e. The number of aryl methyl sites for hydroxylation is 1. The Hall–Kier alpha value is -3.40. The van der Waals surface area contributed by atoms with E-state index >= 15 is 0 Å². The van der Waals surface area contributed by atoms with Crippen molar-refractivity contribution >= 4 is 65.3 Å². The summed E-state index contributed by atoms with van der Waals surface area (Å²) < 4.78 is 7.72. The van der Waals surface area contributed by atoms with Crippen LogP contribution in [-0.4, -0.2) is 9.97 Å². The predicted octanol–water partition coefficient (Wildman–Crippen LogP) is 8.19. The summed E-state index contributed by atoms with van der Waals surface area (Å²) in [7, 11) is 0. The van der Waals surface area contributed by atoms with Crippen LogP contribution in [0.1, 0.15) is 22.5 Å². The van der Waals surface area contributed by atoms with Crippen LogP contribution in [0.4, 0.5) is 0 Å². The third-order valence-electron chi connectivity index (χ3n) is 5.54. The van der Waals surface area contributed by atoms with Gasteiger partial charge in [0.1, 0.15) is 24.3 Å². The van der Waals surface area contributed by atoms with Gasteiger partial charge in [-0.1, -0.05) is 42.5 Å². The van der Waals surface area contributed by atoms with Crippen molar-refractivity contribution in [2.75, 3.05) is 0 Å². The summed E-state index contributed by atoms with van der Waals surface area (Å²) in [4.78, 5) is 7.82. The third kappa shape index (κ3) is 4.63. The highest BCUT2D eigenvalue weighted by Crippen LogP contribution is 2.36. The SMILES string of the molecule is Cc1ccc2nc(/C(C#N)=C\c3cc(Br)c(OCc4ccc5ccccc5c4)c(Br)c3)[nH]c2c1. The van der Waals surface area contributed by atoms with Gasteiger partial charge >= 0.3 is 0 Å². The third-order valence-corrected chi connectivity index (χ3v) is 6.72. The van der Waals surface area contributed by atoms with Crippen molar-refractivity contribution in [3.63, 3.8) is 0 Å². The number of fused-ring (bicyclic) bond motifs is 2. The van der Waals surface area contributed by atoms with Crippen molar-refractivity contribution < 1.29 is 4.74 Å². The molecule has 4 nitrogen and oxygen atoms in total. The number of hydrogen-bond acceptors (Lipinski definition) is 3. The minimum Gasteiger partial charge on any atom is -0.487 e. The monoisotopic (exact) mass is 571 g/mol. The summed E-state index contributed by atoms with van der Waals surface area (Å²) in [6.07, 6.45) is 1.81. The number of imidazole rings is 1. The average Bonchev–Trinajstić information content (AvgIpc) is 3.25. The minimum absolute atomic E-state index is 0.444.